The Labute approximate surface area is 366 Å². The zero-order valence-corrected chi connectivity index (χ0v) is 37.2. The van der Waals surface area contributed by atoms with Crippen molar-refractivity contribution >= 4 is 45.8 Å². The molecule has 2 fully saturated rings. The van der Waals surface area contributed by atoms with E-state index in [4.69, 9.17) is 24.2 Å². The van der Waals surface area contributed by atoms with E-state index in [1.165, 1.54) is 14.2 Å². The van der Waals surface area contributed by atoms with Crippen molar-refractivity contribution in [1.29, 1.82) is 0 Å². The highest BCUT2D eigenvalue weighted by atomic mass is 16.5. The van der Waals surface area contributed by atoms with Crippen molar-refractivity contribution in [3.05, 3.63) is 65.9 Å². The molecule has 5 aromatic rings. The number of fused-ring (bicyclic) bond motifs is 6. The molecule has 3 aromatic carbocycles. The molecule has 0 unspecified atom stereocenters. The summed E-state index contributed by atoms with van der Waals surface area (Å²) in [5.74, 6) is 1.73. The number of likely N-dealkylation sites (N-methyl/N-ethyl adjacent to an activating group) is 1. The molecule has 4 N–H and O–H groups in total. The van der Waals surface area contributed by atoms with Crippen molar-refractivity contribution in [3.63, 3.8) is 0 Å². The number of alkyl carbamates (subject to hydrolysis) is 1. The third kappa shape index (κ3) is 8.16. The Hall–Kier alpha value is -6.16. The molecule has 0 aliphatic carbocycles. The molecule has 16 nitrogen and oxygen atoms in total. The largest absolute Gasteiger partial charge is 0.488 e. The monoisotopic (exact) mass is 862 g/mol. The molecule has 4 amide bonds. The van der Waals surface area contributed by atoms with Gasteiger partial charge in [0.15, 0.2) is 0 Å². The minimum absolute atomic E-state index is 0.0657. The van der Waals surface area contributed by atoms with Gasteiger partial charge in [-0.2, -0.15) is 0 Å². The lowest BCUT2D eigenvalue weighted by molar-refractivity contribution is -0.139. The summed E-state index contributed by atoms with van der Waals surface area (Å²) in [4.78, 5) is 73.9. The normalized spacial score (nSPS) is 20.9. The number of imidazole rings is 2. The summed E-state index contributed by atoms with van der Waals surface area (Å²) in [5, 5.41) is 14.5. The lowest BCUT2D eigenvalue weighted by Crippen LogP contribution is -2.51. The summed E-state index contributed by atoms with van der Waals surface area (Å²) in [6.45, 7) is 11.6. The van der Waals surface area contributed by atoms with Gasteiger partial charge in [-0.25, -0.2) is 19.6 Å². The van der Waals surface area contributed by atoms with Crippen molar-refractivity contribution < 1.29 is 38.5 Å². The Morgan fingerprint density at radius 2 is 1.73 bits per heavy atom. The predicted molar refractivity (Wildman–Crippen MR) is 237 cm³/mol. The standard InChI is InChI=1S/C47H58N8O8/c1-9-26(5)39(52-46(58)62-8)44(56)54-20-25(4)14-36(54)42-48-19-35(50-42)29-10-12-31-30(16-29)23-63-38-18-32-28(17-33(31)38)11-13-34-40(32)51-43(49-34)37-15-27(22-61-7)21-55(37)45(57)41(24(2)3)53(6)47(59)60/h10-13,16-19,24-27,36-37,39,41H,9,14-15,20-23H2,1-8H3,(H,48,50)(H,49,51)(H,52,58)(H,59,60)/t25-,26+,27-,36-,37-,39-,41-/m0/s1. The first-order valence-corrected chi connectivity index (χ1v) is 21.9. The lowest BCUT2D eigenvalue weighted by Gasteiger charge is -2.33. The predicted octanol–water partition coefficient (Wildman–Crippen LogP) is 7.52. The highest BCUT2D eigenvalue weighted by molar-refractivity contribution is 6.07. The maximum atomic E-state index is 14.1. The number of benzene rings is 3. The molecule has 0 bridgehead atoms. The minimum Gasteiger partial charge on any atom is -0.488 e. The number of hydrogen-bond donors (Lipinski definition) is 4. The van der Waals surface area contributed by atoms with Crippen LogP contribution in [0, 0.1) is 23.7 Å². The van der Waals surface area contributed by atoms with Crippen LogP contribution in [-0.4, -0.2) is 117 Å². The zero-order chi connectivity index (χ0) is 44.9. The van der Waals surface area contributed by atoms with E-state index in [0.717, 1.165) is 66.8 Å². The maximum Gasteiger partial charge on any atom is 0.407 e. The van der Waals surface area contributed by atoms with Gasteiger partial charge < -0.3 is 44.4 Å². The Kier molecular flexibility index (Phi) is 12.1. The number of hydrogen-bond acceptors (Lipinski definition) is 9. The molecule has 63 heavy (non-hydrogen) atoms. The maximum absolute atomic E-state index is 14.1. The van der Waals surface area contributed by atoms with Crippen LogP contribution in [0.1, 0.15) is 83.2 Å². The third-order valence-electron chi connectivity index (χ3n) is 13.3. The second-order valence-electron chi connectivity index (χ2n) is 18.0. The van der Waals surface area contributed by atoms with Gasteiger partial charge in [0, 0.05) is 44.1 Å². The van der Waals surface area contributed by atoms with E-state index in [0.29, 0.717) is 50.8 Å². The molecule has 0 saturated carbocycles. The van der Waals surface area contributed by atoms with Gasteiger partial charge in [0.05, 0.1) is 48.7 Å². The molecular weight excluding hydrogens is 805 g/mol. The van der Waals surface area contributed by atoms with Gasteiger partial charge in [-0.3, -0.25) is 14.5 Å². The van der Waals surface area contributed by atoms with Gasteiger partial charge in [0.25, 0.3) is 0 Å². The van der Waals surface area contributed by atoms with Crippen LogP contribution in [0.5, 0.6) is 5.75 Å². The number of carbonyl (C=O) groups excluding carboxylic acids is 3. The number of carbonyl (C=O) groups is 4. The van der Waals surface area contributed by atoms with Gasteiger partial charge >= 0.3 is 12.2 Å². The minimum atomic E-state index is -1.15. The lowest BCUT2D eigenvalue weighted by atomic mass is 9.92. The van der Waals surface area contributed by atoms with Crippen LogP contribution in [0.25, 0.3) is 44.2 Å². The van der Waals surface area contributed by atoms with Crippen molar-refractivity contribution in [3.8, 4) is 28.1 Å². The van der Waals surface area contributed by atoms with Crippen LogP contribution < -0.4 is 10.1 Å². The smallest absolute Gasteiger partial charge is 0.407 e. The molecule has 16 heteroatoms. The molecule has 334 valence electrons. The zero-order valence-electron chi connectivity index (χ0n) is 37.2. The number of ether oxygens (including phenoxy) is 3. The van der Waals surface area contributed by atoms with Crippen molar-refractivity contribution in [2.45, 2.75) is 84.7 Å². The van der Waals surface area contributed by atoms with Crippen LogP contribution >= 0.6 is 0 Å². The second-order valence-corrected chi connectivity index (χ2v) is 18.0. The van der Waals surface area contributed by atoms with E-state index >= 15 is 0 Å². The number of carboxylic acid groups (broad SMARTS) is 1. The van der Waals surface area contributed by atoms with Crippen molar-refractivity contribution in [2.24, 2.45) is 23.7 Å². The molecule has 3 aliphatic rings. The molecular formula is C47H58N8O8. The highest BCUT2D eigenvalue weighted by Gasteiger charge is 2.44. The van der Waals surface area contributed by atoms with Crippen molar-refractivity contribution in [2.75, 3.05) is 41.0 Å². The average molecular weight is 863 g/mol. The van der Waals surface area contributed by atoms with Gasteiger partial charge in [-0.05, 0) is 76.9 Å². The number of amides is 4. The molecule has 7 atom stereocenters. The van der Waals surface area contributed by atoms with Crippen LogP contribution in [0.2, 0.25) is 0 Å². The number of likely N-dealkylation sites (tertiary alicyclic amines) is 2. The van der Waals surface area contributed by atoms with Crippen LogP contribution in [0.15, 0.2) is 48.7 Å². The van der Waals surface area contributed by atoms with Crippen LogP contribution in [0.4, 0.5) is 9.59 Å². The van der Waals surface area contributed by atoms with E-state index in [-0.39, 0.29) is 47.6 Å². The number of rotatable bonds is 12. The number of methoxy groups -OCH3 is 2. The average Bonchev–Trinajstić information content (AvgIpc) is 4.10. The molecule has 8 rings (SSSR count). The Morgan fingerprint density at radius 1 is 0.968 bits per heavy atom. The number of aromatic amines is 2. The number of H-pyrrole nitrogens is 2. The van der Waals surface area contributed by atoms with E-state index in [2.05, 4.69) is 52.5 Å². The van der Waals surface area contributed by atoms with E-state index < -0.39 is 24.3 Å². The first kappa shape index (κ1) is 43.5. The fourth-order valence-corrected chi connectivity index (χ4v) is 9.86. The molecule has 0 spiro atoms. The Bertz CT molecular complexity index is 2550. The first-order chi connectivity index (χ1) is 30.2. The Morgan fingerprint density at radius 3 is 2.44 bits per heavy atom. The van der Waals surface area contributed by atoms with Crippen LogP contribution in [0.3, 0.4) is 0 Å². The second kappa shape index (κ2) is 17.5. The summed E-state index contributed by atoms with van der Waals surface area (Å²) in [6, 6.07) is 12.3. The van der Waals surface area contributed by atoms with Gasteiger partial charge in [0.2, 0.25) is 11.8 Å². The SMILES string of the molecule is CC[C@@H](C)[C@H](NC(=O)OC)C(=O)N1C[C@@H](C)C[C@H]1c1ncc(-c2ccc3c(c2)COc2cc4c(ccc5nc([C@@H]6C[C@H](COC)CN6C(=O)[C@H](C(C)C)N(C)C(=O)O)[nH]c54)cc2-3)[nH]1. The van der Waals surface area contributed by atoms with E-state index in [1.54, 1.807) is 12.0 Å². The van der Waals surface area contributed by atoms with Gasteiger partial charge in [-0.15, -0.1) is 0 Å². The number of aromatic nitrogens is 4. The summed E-state index contributed by atoms with van der Waals surface area (Å²) in [5.41, 5.74) is 6.44. The van der Waals surface area contributed by atoms with E-state index in [9.17, 15) is 24.3 Å². The number of nitrogens with zero attached hydrogens (tertiary/aromatic N) is 5. The summed E-state index contributed by atoms with van der Waals surface area (Å²) in [6.07, 6.45) is 2.13. The topological polar surface area (TPSA) is 195 Å². The summed E-state index contributed by atoms with van der Waals surface area (Å²) >= 11 is 0. The fourth-order valence-electron chi connectivity index (χ4n) is 9.86. The quantitative estimate of drug-likeness (QED) is 0.0975. The molecule has 2 aromatic heterocycles. The molecule has 0 radical (unpaired) electrons. The van der Waals surface area contributed by atoms with E-state index in [1.807, 2.05) is 50.9 Å². The third-order valence-corrected chi connectivity index (χ3v) is 13.3. The Balaban J connectivity index is 1.06. The summed E-state index contributed by atoms with van der Waals surface area (Å²) < 4.78 is 16.8. The van der Waals surface area contributed by atoms with Crippen molar-refractivity contribution in [1.82, 2.24) is 40.0 Å². The van der Waals surface area contributed by atoms with Crippen LogP contribution in [-0.2, 0) is 25.7 Å². The van der Waals surface area contributed by atoms with Gasteiger partial charge in [0.1, 0.15) is 36.1 Å². The molecule has 5 heterocycles. The molecule has 3 aliphatic heterocycles. The fraction of sp³-hybridized carbons (Fsp3) is 0.489. The highest BCUT2D eigenvalue weighted by Crippen LogP contribution is 2.44. The van der Waals surface area contributed by atoms with Gasteiger partial charge in [-0.1, -0.05) is 59.2 Å². The summed E-state index contributed by atoms with van der Waals surface area (Å²) in [7, 11) is 4.39. The molecule has 2 saturated heterocycles. The number of nitrogens with one attached hydrogen (secondary N) is 3. The first-order valence-electron chi connectivity index (χ1n) is 21.9.